The SMILES string of the molecule is CC1=C[CH]C2=CC(C)=CC=CC2=C1. The molecule has 0 saturated carbocycles. The summed E-state index contributed by atoms with van der Waals surface area (Å²) in [5.74, 6) is 0. The monoisotopic (exact) mass is 169 g/mol. The molecule has 0 aromatic heterocycles. The lowest BCUT2D eigenvalue weighted by Crippen LogP contribution is -1.93. The lowest BCUT2D eigenvalue weighted by Gasteiger charge is -2.11. The molecule has 0 unspecified atom stereocenters. The predicted octanol–water partition coefficient (Wildman–Crippen LogP) is 3.52. The molecular weight excluding hydrogens is 156 g/mol. The molecule has 0 saturated heterocycles. The highest BCUT2D eigenvalue weighted by Crippen LogP contribution is 2.26. The average Bonchev–Trinajstić information content (AvgIpc) is 2.25. The number of hydrogen-bond donors (Lipinski definition) is 0. The molecule has 0 fully saturated rings. The van der Waals surface area contributed by atoms with Crippen molar-refractivity contribution in [3.05, 3.63) is 65.2 Å². The summed E-state index contributed by atoms with van der Waals surface area (Å²) >= 11 is 0. The van der Waals surface area contributed by atoms with E-state index in [1.807, 2.05) is 0 Å². The fourth-order valence-corrected chi connectivity index (χ4v) is 1.57. The Labute approximate surface area is 79.7 Å². The first kappa shape index (κ1) is 8.31. The molecule has 0 aliphatic heterocycles. The van der Waals surface area contributed by atoms with Crippen molar-refractivity contribution in [3.8, 4) is 0 Å². The van der Waals surface area contributed by atoms with Crippen LogP contribution in [-0.4, -0.2) is 0 Å². The predicted molar refractivity (Wildman–Crippen MR) is 57.1 cm³/mol. The zero-order chi connectivity index (χ0) is 9.26. The smallest absolute Gasteiger partial charge is 0.0134 e. The molecule has 0 aromatic rings. The van der Waals surface area contributed by atoms with Crippen molar-refractivity contribution in [3.63, 3.8) is 0 Å². The lowest BCUT2D eigenvalue weighted by molar-refractivity contribution is 1.34. The summed E-state index contributed by atoms with van der Waals surface area (Å²) in [5.41, 5.74) is 5.25. The number of hydrogen-bond acceptors (Lipinski definition) is 0. The maximum atomic E-state index is 2.22. The van der Waals surface area contributed by atoms with Crippen LogP contribution in [0.3, 0.4) is 0 Å². The standard InChI is InChI=1S/C13H13/c1-10-4-3-5-12-9-11(2)6-7-13(12)8-10/h3-9H,1-2H3. The van der Waals surface area contributed by atoms with Crippen LogP contribution >= 0.6 is 0 Å². The summed E-state index contributed by atoms with van der Waals surface area (Å²) in [6.45, 7) is 4.25. The van der Waals surface area contributed by atoms with Gasteiger partial charge < -0.3 is 0 Å². The van der Waals surface area contributed by atoms with E-state index in [2.05, 4.69) is 56.7 Å². The zero-order valence-corrected chi connectivity index (χ0v) is 8.04. The molecular formula is C13H13. The highest BCUT2D eigenvalue weighted by atomic mass is 14.1. The van der Waals surface area contributed by atoms with Gasteiger partial charge in [-0.25, -0.2) is 0 Å². The van der Waals surface area contributed by atoms with Crippen molar-refractivity contribution in [2.75, 3.05) is 0 Å². The van der Waals surface area contributed by atoms with Gasteiger partial charge in [-0.3, -0.25) is 0 Å². The lowest BCUT2D eigenvalue weighted by atomic mass is 9.94. The Hall–Kier alpha value is -1.30. The largest absolute Gasteiger partial charge is 0.0731 e. The summed E-state index contributed by atoms with van der Waals surface area (Å²) in [6, 6.07) is 0. The molecule has 2 rings (SSSR count). The summed E-state index contributed by atoms with van der Waals surface area (Å²) in [5, 5.41) is 0. The van der Waals surface area contributed by atoms with Crippen LogP contribution in [0, 0.1) is 6.42 Å². The Balaban J connectivity index is 2.44. The minimum absolute atomic E-state index is 1.30. The second kappa shape index (κ2) is 3.21. The van der Waals surface area contributed by atoms with Gasteiger partial charge in [-0.15, -0.1) is 0 Å². The van der Waals surface area contributed by atoms with E-state index in [1.54, 1.807) is 0 Å². The third-order valence-electron chi connectivity index (χ3n) is 2.26. The number of fused-ring (bicyclic) bond motifs is 1. The molecule has 0 bridgehead atoms. The van der Waals surface area contributed by atoms with Gasteiger partial charge in [0.25, 0.3) is 0 Å². The Morgan fingerprint density at radius 3 is 2.38 bits per heavy atom. The van der Waals surface area contributed by atoms with Crippen molar-refractivity contribution < 1.29 is 0 Å². The van der Waals surface area contributed by atoms with Crippen LogP contribution in [0.15, 0.2) is 58.7 Å². The molecule has 2 aliphatic carbocycles. The van der Waals surface area contributed by atoms with E-state index in [4.69, 9.17) is 0 Å². The highest BCUT2D eigenvalue weighted by Gasteiger charge is 2.07. The molecule has 0 spiro atoms. The van der Waals surface area contributed by atoms with Crippen LogP contribution in [0.1, 0.15) is 13.8 Å². The van der Waals surface area contributed by atoms with Crippen LogP contribution in [0.5, 0.6) is 0 Å². The van der Waals surface area contributed by atoms with E-state index < -0.39 is 0 Å². The van der Waals surface area contributed by atoms with Gasteiger partial charge >= 0.3 is 0 Å². The molecule has 1 radical (unpaired) electrons. The molecule has 0 aromatic carbocycles. The van der Waals surface area contributed by atoms with Crippen molar-refractivity contribution >= 4 is 0 Å². The summed E-state index contributed by atoms with van der Waals surface area (Å²) < 4.78 is 0. The summed E-state index contributed by atoms with van der Waals surface area (Å²) in [4.78, 5) is 0. The van der Waals surface area contributed by atoms with E-state index in [0.29, 0.717) is 0 Å². The molecule has 0 nitrogen and oxygen atoms in total. The Bertz CT molecular complexity index is 371. The van der Waals surface area contributed by atoms with E-state index in [9.17, 15) is 0 Å². The third-order valence-corrected chi connectivity index (χ3v) is 2.26. The van der Waals surface area contributed by atoms with Crippen LogP contribution in [0.2, 0.25) is 0 Å². The first-order valence-corrected chi connectivity index (χ1v) is 4.56. The number of rotatable bonds is 0. The fourth-order valence-electron chi connectivity index (χ4n) is 1.57. The molecule has 0 heterocycles. The minimum Gasteiger partial charge on any atom is -0.0731 e. The molecule has 65 valence electrons. The second-order valence-corrected chi connectivity index (χ2v) is 3.55. The Morgan fingerprint density at radius 2 is 1.54 bits per heavy atom. The normalized spacial score (nSPS) is 20.8. The quantitative estimate of drug-likeness (QED) is 0.520. The van der Waals surface area contributed by atoms with E-state index in [0.717, 1.165) is 0 Å². The zero-order valence-electron chi connectivity index (χ0n) is 8.04. The molecule has 0 heteroatoms. The topological polar surface area (TPSA) is 0 Å². The maximum Gasteiger partial charge on any atom is 0.0134 e. The molecule has 0 N–H and O–H groups in total. The van der Waals surface area contributed by atoms with Crippen LogP contribution < -0.4 is 0 Å². The molecule has 13 heavy (non-hydrogen) atoms. The summed E-state index contributed by atoms with van der Waals surface area (Å²) in [6.07, 6.45) is 15.2. The summed E-state index contributed by atoms with van der Waals surface area (Å²) in [7, 11) is 0. The van der Waals surface area contributed by atoms with Gasteiger partial charge in [0.15, 0.2) is 0 Å². The first-order chi connectivity index (χ1) is 6.25. The first-order valence-electron chi connectivity index (χ1n) is 4.56. The van der Waals surface area contributed by atoms with Gasteiger partial charge in [0.1, 0.15) is 0 Å². The average molecular weight is 169 g/mol. The van der Waals surface area contributed by atoms with E-state index >= 15 is 0 Å². The molecule has 0 atom stereocenters. The van der Waals surface area contributed by atoms with E-state index in [1.165, 1.54) is 22.3 Å². The van der Waals surface area contributed by atoms with Gasteiger partial charge in [-0.05, 0) is 25.0 Å². The third kappa shape index (κ3) is 1.72. The number of allylic oxidation sites excluding steroid dienone is 10. The van der Waals surface area contributed by atoms with Crippen LogP contribution in [0.4, 0.5) is 0 Å². The highest BCUT2D eigenvalue weighted by molar-refractivity contribution is 5.58. The second-order valence-electron chi connectivity index (χ2n) is 3.55. The maximum absolute atomic E-state index is 2.22. The molecule has 2 aliphatic rings. The van der Waals surface area contributed by atoms with Gasteiger partial charge in [-0.1, -0.05) is 47.6 Å². The Morgan fingerprint density at radius 1 is 0.846 bits per heavy atom. The van der Waals surface area contributed by atoms with Crippen molar-refractivity contribution in [1.29, 1.82) is 0 Å². The van der Waals surface area contributed by atoms with Gasteiger partial charge in [-0.2, -0.15) is 0 Å². The van der Waals surface area contributed by atoms with Crippen molar-refractivity contribution in [2.24, 2.45) is 0 Å². The Kier molecular flexibility index (Phi) is 2.05. The van der Waals surface area contributed by atoms with Crippen molar-refractivity contribution in [1.82, 2.24) is 0 Å². The van der Waals surface area contributed by atoms with Crippen molar-refractivity contribution in [2.45, 2.75) is 13.8 Å². The molecule has 0 amide bonds. The minimum atomic E-state index is 1.30. The van der Waals surface area contributed by atoms with Gasteiger partial charge in [0.2, 0.25) is 0 Å². The fraction of sp³-hybridized carbons (Fsp3) is 0.154. The van der Waals surface area contributed by atoms with Gasteiger partial charge in [0, 0.05) is 6.42 Å². The van der Waals surface area contributed by atoms with Crippen LogP contribution in [0.25, 0.3) is 0 Å². The van der Waals surface area contributed by atoms with Crippen LogP contribution in [-0.2, 0) is 0 Å². The van der Waals surface area contributed by atoms with Gasteiger partial charge in [0.05, 0.1) is 0 Å². The van der Waals surface area contributed by atoms with E-state index in [-0.39, 0.29) is 0 Å².